The lowest BCUT2D eigenvalue weighted by molar-refractivity contribution is -0.123. The van der Waals surface area contributed by atoms with Crippen LogP contribution in [0.3, 0.4) is 0 Å². The molecule has 1 aliphatic heterocycles. The first kappa shape index (κ1) is 13.5. The van der Waals surface area contributed by atoms with Crippen LogP contribution in [-0.4, -0.2) is 24.9 Å². The number of carbonyl (C=O) groups excluding carboxylic acids is 3. The average Bonchev–Trinajstić information content (AvgIpc) is 3.21. The Morgan fingerprint density at radius 3 is 2.09 bits per heavy atom. The summed E-state index contributed by atoms with van der Waals surface area (Å²) < 4.78 is 4.65. The summed E-state index contributed by atoms with van der Waals surface area (Å²) in [6, 6.07) is 6.46. The van der Waals surface area contributed by atoms with Crippen molar-refractivity contribution < 1.29 is 19.1 Å². The van der Waals surface area contributed by atoms with Crippen molar-refractivity contribution in [3.05, 3.63) is 29.8 Å². The lowest BCUT2D eigenvalue weighted by Gasteiger charge is -2.19. The molecule has 114 valence electrons. The van der Waals surface area contributed by atoms with Crippen LogP contribution in [-0.2, 0) is 14.3 Å². The molecule has 1 heterocycles. The maximum atomic E-state index is 12.7. The summed E-state index contributed by atoms with van der Waals surface area (Å²) in [5.41, 5.74) is 0.960. The number of fused-ring (bicyclic) bond motifs is 5. The number of methoxy groups -OCH3 is 1. The Bertz CT molecular complexity index is 638. The Hall–Kier alpha value is -2.17. The van der Waals surface area contributed by atoms with Crippen LogP contribution in [0.5, 0.6) is 0 Å². The van der Waals surface area contributed by atoms with E-state index in [0.717, 1.165) is 19.3 Å². The minimum absolute atomic E-state index is 0.0620. The lowest BCUT2D eigenvalue weighted by Crippen LogP contribution is -2.32. The molecule has 5 heteroatoms. The van der Waals surface area contributed by atoms with Gasteiger partial charge in [-0.25, -0.2) is 4.79 Å². The molecule has 2 amide bonds. The summed E-state index contributed by atoms with van der Waals surface area (Å²) >= 11 is 0. The molecule has 4 atom stereocenters. The number of benzene rings is 1. The number of carbonyl (C=O) groups is 3. The van der Waals surface area contributed by atoms with E-state index in [2.05, 4.69) is 4.74 Å². The highest BCUT2D eigenvalue weighted by molar-refractivity contribution is 6.22. The lowest BCUT2D eigenvalue weighted by atomic mass is 9.81. The first-order valence-corrected chi connectivity index (χ1v) is 7.68. The van der Waals surface area contributed by atoms with E-state index in [1.165, 1.54) is 12.0 Å². The van der Waals surface area contributed by atoms with Crippen molar-refractivity contribution in [3.63, 3.8) is 0 Å². The van der Waals surface area contributed by atoms with Crippen molar-refractivity contribution in [2.24, 2.45) is 23.7 Å². The van der Waals surface area contributed by atoms with Gasteiger partial charge in [0.25, 0.3) is 0 Å². The normalized spacial score (nSPS) is 32.5. The second-order valence-electron chi connectivity index (χ2n) is 6.44. The molecule has 0 aromatic heterocycles. The predicted octanol–water partition coefficient (Wildman–Crippen LogP) is 2.01. The molecule has 5 nitrogen and oxygen atoms in total. The van der Waals surface area contributed by atoms with Crippen LogP contribution in [0.4, 0.5) is 5.69 Å². The van der Waals surface area contributed by atoms with Crippen LogP contribution in [0.25, 0.3) is 0 Å². The Morgan fingerprint density at radius 1 is 1.05 bits per heavy atom. The second kappa shape index (κ2) is 4.66. The van der Waals surface area contributed by atoms with E-state index >= 15 is 0 Å². The molecule has 1 saturated heterocycles. The number of esters is 1. The van der Waals surface area contributed by atoms with Gasteiger partial charge < -0.3 is 4.74 Å². The fraction of sp³-hybridized carbons (Fsp3) is 0.471. The third-order valence-corrected chi connectivity index (χ3v) is 5.47. The van der Waals surface area contributed by atoms with Gasteiger partial charge in [0.15, 0.2) is 0 Å². The topological polar surface area (TPSA) is 63.7 Å². The molecule has 1 aromatic carbocycles. The Morgan fingerprint density at radius 2 is 1.59 bits per heavy atom. The molecule has 0 radical (unpaired) electrons. The van der Waals surface area contributed by atoms with Gasteiger partial charge in [0.05, 0.1) is 30.2 Å². The van der Waals surface area contributed by atoms with Gasteiger partial charge in [-0.2, -0.15) is 0 Å². The maximum absolute atomic E-state index is 12.7. The molecular formula is C17H17NO4. The number of ether oxygens (including phenoxy) is 1. The van der Waals surface area contributed by atoms with Crippen LogP contribution in [0, 0.1) is 23.7 Å². The third kappa shape index (κ3) is 1.68. The molecule has 0 N–H and O–H groups in total. The first-order chi connectivity index (χ1) is 10.6. The highest BCUT2D eigenvalue weighted by Gasteiger charge is 2.61. The van der Waals surface area contributed by atoms with Crippen LogP contribution >= 0.6 is 0 Å². The molecule has 2 bridgehead atoms. The van der Waals surface area contributed by atoms with E-state index in [9.17, 15) is 14.4 Å². The van der Waals surface area contributed by atoms with E-state index in [0.29, 0.717) is 23.1 Å². The van der Waals surface area contributed by atoms with Gasteiger partial charge in [0, 0.05) is 0 Å². The number of rotatable bonds is 2. The summed E-state index contributed by atoms with van der Waals surface area (Å²) in [5, 5.41) is 0. The van der Waals surface area contributed by atoms with Gasteiger partial charge >= 0.3 is 5.97 Å². The minimum Gasteiger partial charge on any atom is -0.465 e. The van der Waals surface area contributed by atoms with Gasteiger partial charge in [0.1, 0.15) is 0 Å². The molecule has 0 unspecified atom stereocenters. The van der Waals surface area contributed by atoms with Gasteiger partial charge in [0.2, 0.25) is 11.8 Å². The fourth-order valence-electron chi connectivity index (χ4n) is 4.53. The van der Waals surface area contributed by atoms with Crippen molar-refractivity contribution in [1.29, 1.82) is 0 Å². The van der Waals surface area contributed by atoms with Gasteiger partial charge in [-0.05, 0) is 55.4 Å². The summed E-state index contributed by atoms with van der Waals surface area (Å²) in [6.45, 7) is 0. The third-order valence-electron chi connectivity index (χ3n) is 5.47. The number of hydrogen-bond acceptors (Lipinski definition) is 4. The predicted molar refractivity (Wildman–Crippen MR) is 78.1 cm³/mol. The summed E-state index contributed by atoms with van der Waals surface area (Å²) in [6.07, 6.45) is 3.17. The van der Waals surface area contributed by atoms with Crippen molar-refractivity contribution in [1.82, 2.24) is 0 Å². The molecule has 1 aromatic rings. The monoisotopic (exact) mass is 299 g/mol. The van der Waals surface area contributed by atoms with E-state index in [-0.39, 0.29) is 23.7 Å². The molecule has 2 saturated carbocycles. The number of imide groups is 1. The molecule has 4 rings (SSSR count). The highest BCUT2D eigenvalue weighted by atomic mass is 16.5. The van der Waals surface area contributed by atoms with Crippen molar-refractivity contribution in [2.75, 3.05) is 12.0 Å². The van der Waals surface area contributed by atoms with E-state index in [1.807, 2.05) is 0 Å². The van der Waals surface area contributed by atoms with Gasteiger partial charge in [-0.1, -0.05) is 0 Å². The number of hydrogen-bond donors (Lipinski definition) is 0. The molecule has 2 aliphatic carbocycles. The highest BCUT2D eigenvalue weighted by Crippen LogP contribution is 2.56. The molecule has 3 fully saturated rings. The summed E-state index contributed by atoms with van der Waals surface area (Å²) in [5.74, 6) is -0.0313. The van der Waals surface area contributed by atoms with E-state index in [4.69, 9.17) is 0 Å². The van der Waals surface area contributed by atoms with Crippen molar-refractivity contribution >= 4 is 23.5 Å². The Labute approximate surface area is 128 Å². The van der Waals surface area contributed by atoms with E-state index < -0.39 is 5.97 Å². The van der Waals surface area contributed by atoms with Crippen LogP contribution < -0.4 is 4.90 Å². The maximum Gasteiger partial charge on any atom is 0.337 e. The van der Waals surface area contributed by atoms with E-state index in [1.54, 1.807) is 24.3 Å². The second-order valence-corrected chi connectivity index (χ2v) is 6.44. The molecular weight excluding hydrogens is 282 g/mol. The Kier molecular flexibility index (Phi) is 2.86. The summed E-state index contributed by atoms with van der Waals surface area (Å²) in [7, 11) is 1.32. The first-order valence-electron chi connectivity index (χ1n) is 7.68. The van der Waals surface area contributed by atoms with Gasteiger partial charge in [-0.3, -0.25) is 14.5 Å². The summed E-state index contributed by atoms with van der Waals surface area (Å²) in [4.78, 5) is 38.1. The molecule has 3 aliphatic rings. The molecule has 22 heavy (non-hydrogen) atoms. The fourth-order valence-corrected chi connectivity index (χ4v) is 4.53. The average molecular weight is 299 g/mol. The number of nitrogens with zero attached hydrogens (tertiary/aromatic N) is 1. The largest absolute Gasteiger partial charge is 0.465 e. The zero-order chi connectivity index (χ0) is 15.4. The zero-order valence-corrected chi connectivity index (χ0v) is 12.3. The van der Waals surface area contributed by atoms with Crippen LogP contribution in [0.15, 0.2) is 24.3 Å². The SMILES string of the molecule is COC(=O)c1ccc(N2C(=O)[C@H]3[C@H]4CC[C@@H](C4)[C@@H]3C2=O)cc1. The van der Waals surface area contributed by atoms with Crippen LogP contribution in [0.1, 0.15) is 29.6 Å². The number of amides is 2. The van der Waals surface area contributed by atoms with Crippen LogP contribution in [0.2, 0.25) is 0 Å². The minimum atomic E-state index is -0.430. The van der Waals surface area contributed by atoms with Crippen molar-refractivity contribution in [3.8, 4) is 0 Å². The molecule has 0 spiro atoms. The standard InChI is InChI=1S/C17H17NO4/c1-22-17(21)9-4-6-12(7-5-9)18-15(19)13-10-2-3-11(8-10)14(13)16(18)20/h4-7,10-11,13-14H,2-3,8H2,1H3/t10-,11-,13-,14-/m0/s1. The quantitative estimate of drug-likeness (QED) is 0.619. The number of anilines is 1. The van der Waals surface area contributed by atoms with Gasteiger partial charge in [-0.15, -0.1) is 0 Å². The Balaban J connectivity index is 1.64. The zero-order valence-electron chi connectivity index (χ0n) is 12.3. The smallest absolute Gasteiger partial charge is 0.337 e. The van der Waals surface area contributed by atoms with Crippen molar-refractivity contribution in [2.45, 2.75) is 19.3 Å².